The molecule has 0 bridgehead atoms. The summed E-state index contributed by atoms with van der Waals surface area (Å²) in [6.45, 7) is 10.6. The van der Waals surface area contributed by atoms with Gasteiger partial charge in [-0.3, -0.25) is 0 Å². The van der Waals surface area contributed by atoms with Crippen molar-refractivity contribution in [3.63, 3.8) is 0 Å². The van der Waals surface area contributed by atoms with E-state index in [1.54, 1.807) is 0 Å². The molecule has 1 N–H and O–H groups in total. The van der Waals surface area contributed by atoms with Gasteiger partial charge in [0.15, 0.2) is 0 Å². The van der Waals surface area contributed by atoms with E-state index in [1.807, 2.05) is 18.2 Å². The van der Waals surface area contributed by atoms with Crippen LogP contribution in [0, 0.1) is 18.8 Å². The van der Waals surface area contributed by atoms with Gasteiger partial charge >= 0.3 is 0 Å². The predicted octanol–water partition coefficient (Wildman–Crippen LogP) is 4.99. The Morgan fingerprint density at radius 3 is 1.84 bits per heavy atom. The normalized spacial score (nSPS) is 21.3. The summed E-state index contributed by atoms with van der Waals surface area (Å²) in [6.07, 6.45) is 5.60. The van der Waals surface area contributed by atoms with Gasteiger partial charge in [-0.2, -0.15) is 0 Å². The number of allylic oxidation sites excluding steroid dienone is 1. The van der Waals surface area contributed by atoms with Crippen molar-refractivity contribution in [2.75, 3.05) is 7.11 Å². The third kappa shape index (κ3) is 8.61. The Morgan fingerprint density at radius 2 is 1.53 bits per heavy atom. The number of rotatable bonds is 1. The fourth-order valence-corrected chi connectivity index (χ4v) is 2.29. The van der Waals surface area contributed by atoms with Gasteiger partial charge in [0.2, 0.25) is 0 Å². The first kappa shape index (κ1) is 17.9. The van der Waals surface area contributed by atoms with Crippen molar-refractivity contribution in [2.24, 2.45) is 11.8 Å². The highest BCUT2D eigenvalue weighted by Gasteiger charge is 2.17. The monoisotopic (exact) mass is 262 g/mol. The third-order valence-corrected chi connectivity index (χ3v) is 3.65. The SMILES string of the molecule is C=C(C)C1CCC(C)CC1.CO.Cc1ccccc1. The maximum absolute atomic E-state index is 7.00. The van der Waals surface area contributed by atoms with Crippen molar-refractivity contribution >= 4 is 0 Å². The Labute approximate surface area is 119 Å². The third-order valence-electron chi connectivity index (χ3n) is 3.65. The van der Waals surface area contributed by atoms with E-state index in [2.05, 4.69) is 39.5 Å². The number of aliphatic hydroxyl groups is 1. The molecule has 0 atom stereocenters. The molecule has 19 heavy (non-hydrogen) atoms. The van der Waals surface area contributed by atoms with E-state index in [0.717, 1.165) is 18.9 Å². The first-order valence-electron chi connectivity index (χ1n) is 7.21. The lowest BCUT2D eigenvalue weighted by Crippen LogP contribution is -2.12. The van der Waals surface area contributed by atoms with Crippen LogP contribution < -0.4 is 0 Å². The topological polar surface area (TPSA) is 20.2 Å². The summed E-state index contributed by atoms with van der Waals surface area (Å²) >= 11 is 0. The molecule has 0 spiro atoms. The van der Waals surface area contributed by atoms with Gasteiger partial charge in [-0.05, 0) is 38.5 Å². The average molecular weight is 262 g/mol. The van der Waals surface area contributed by atoms with Crippen LogP contribution in [0.1, 0.15) is 45.1 Å². The molecule has 1 nitrogen and oxygen atoms in total. The molecule has 1 aromatic carbocycles. The van der Waals surface area contributed by atoms with Crippen LogP contribution in [0.2, 0.25) is 0 Å². The van der Waals surface area contributed by atoms with E-state index in [-0.39, 0.29) is 0 Å². The van der Waals surface area contributed by atoms with Gasteiger partial charge in [-0.15, -0.1) is 0 Å². The lowest BCUT2D eigenvalue weighted by Gasteiger charge is -2.26. The molecule has 1 aromatic rings. The molecule has 1 fully saturated rings. The lowest BCUT2D eigenvalue weighted by molar-refractivity contribution is 0.321. The minimum absolute atomic E-state index is 0.844. The first-order valence-corrected chi connectivity index (χ1v) is 7.21. The second kappa shape index (κ2) is 10.8. The molecule has 0 saturated heterocycles. The van der Waals surface area contributed by atoms with Gasteiger partial charge in [0.25, 0.3) is 0 Å². The number of aliphatic hydroxyl groups excluding tert-OH is 1. The van der Waals surface area contributed by atoms with Crippen LogP contribution in [0.25, 0.3) is 0 Å². The highest BCUT2D eigenvalue weighted by Crippen LogP contribution is 2.31. The van der Waals surface area contributed by atoms with E-state index in [4.69, 9.17) is 5.11 Å². The number of hydrogen-bond acceptors (Lipinski definition) is 1. The molecule has 1 aliphatic carbocycles. The van der Waals surface area contributed by atoms with Crippen LogP contribution in [0.3, 0.4) is 0 Å². The van der Waals surface area contributed by atoms with Crippen molar-refractivity contribution in [1.82, 2.24) is 0 Å². The van der Waals surface area contributed by atoms with Gasteiger partial charge in [0.1, 0.15) is 0 Å². The average Bonchev–Trinajstić information content (AvgIpc) is 2.43. The molecule has 0 unspecified atom stereocenters. The van der Waals surface area contributed by atoms with Gasteiger partial charge < -0.3 is 5.11 Å². The standard InChI is InChI=1S/C10H18.C7H8.CH4O/c1-8(2)10-6-4-9(3)5-7-10;1-7-5-3-2-4-6-7;1-2/h9-10H,1,4-7H2,2-3H3;2-6H,1H3;2H,1H3. The first-order chi connectivity index (χ1) is 9.09. The van der Waals surface area contributed by atoms with E-state index >= 15 is 0 Å². The molecule has 0 amide bonds. The molecule has 1 saturated carbocycles. The van der Waals surface area contributed by atoms with E-state index in [1.165, 1.54) is 36.8 Å². The van der Waals surface area contributed by atoms with Gasteiger partial charge in [-0.1, -0.05) is 67.8 Å². The summed E-state index contributed by atoms with van der Waals surface area (Å²) in [5, 5.41) is 7.00. The molecular formula is C18H30O. The second-order valence-electron chi connectivity index (χ2n) is 5.46. The van der Waals surface area contributed by atoms with Crippen LogP contribution in [-0.2, 0) is 0 Å². The van der Waals surface area contributed by atoms with Crippen LogP contribution in [0.5, 0.6) is 0 Å². The van der Waals surface area contributed by atoms with E-state index in [9.17, 15) is 0 Å². The molecule has 2 rings (SSSR count). The van der Waals surface area contributed by atoms with Crippen molar-refractivity contribution in [2.45, 2.75) is 46.5 Å². The zero-order valence-electron chi connectivity index (χ0n) is 13.0. The van der Waals surface area contributed by atoms with Crippen LogP contribution >= 0.6 is 0 Å². The number of hydrogen-bond donors (Lipinski definition) is 1. The van der Waals surface area contributed by atoms with Gasteiger partial charge in [-0.25, -0.2) is 0 Å². The Bertz CT molecular complexity index is 321. The van der Waals surface area contributed by atoms with E-state index in [0.29, 0.717) is 0 Å². The molecule has 0 aliphatic heterocycles. The second-order valence-corrected chi connectivity index (χ2v) is 5.46. The summed E-state index contributed by atoms with van der Waals surface area (Å²) in [7, 11) is 1.00. The highest BCUT2D eigenvalue weighted by molar-refractivity contribution is 5.11. The molecule has 1 heteroatoms. The summed E-state index contributed by atoms with van der Waals surface area (Å²) in [6, 6.07) is 10.3. The lowest BCUT2D eigenvalue weighted by atomic mass is 9.80. The summed E-state index contributed by atoms with van der Waals surface area (Å²) in [5.74, 6) is 1.81. The summed E-state index contributed by atoms with van der Waals surface area (Å²) < 4.78 is 0. The Kier molecular flexibility index (Phi) is 10.2. The molecule has 1 aliphatic rings. The fraction of sp³-hybridized carbons (Fsp3) is 0.556. The molecular weight excluding hydrogens is 232 g/mol. The zero-order valence-corrected chi connectivity index (χ0v) is 13.0. The maximum atomic E-state index is 7.00. The van der Waals surface area contributed by atoms with Crippen molar-refractivity contribution in [1.29, 1.82) is 0 Å². The van der Waals surface area contributed by atoms with Gasteiger partial charge in [0, 0.05) is 7.11 Å². The zero-order chi connectivity index (χ0) is 14.7. The Morgan fingerprint density at radius 1 is 1.05 bits per heavy atom. The largest absolute Gasteiger partial charge is 0.400 e. The Balaban J connectivity index is 0.000000316. The predicted molar refractivity (Wildman–Crippen MR) is 85.3 cm³/mol. The summed E-state index contributed by atoms with van der Waals surface area (Å²) in [4.78, 5) is 0. The Hall–Kier alpha value is -1.08. The van der Waals surface area contributed by atoms with Crippen LogP contribution in [0.15, 0.2) is 42.5 Å². The fourth-order valence-electron chi connectivity index (χ4n) is 2.29. The van der Waals surface area contributed by atoms with Crippen molar-refractivity contribution in [3.05, 3.63) is 48.0 Å². The van der Waals surface area contributed by atoms with Crippen LogP contribution in [-0.4, -0.2) is 12.2 Å². The van der Waals surface area contributed by atoms with Crippen molar-refractivity contribution < 1.29 is 5.11 Å². The molecule has 0 radical (unpaired) electrons. The molecule has 0 aromatic heterocycles. The summed E-state index contributed by atoms with van der Waals surface area (Å²) in [5.41, 5.74) is 2.72. The van der Waals surface area contributed by atoms with E-state index < -0.39 is 0 Å². The highest BCUT2D eigenvalue weighted by atomic mass is 16.2. The minimum atomic E-state index is 0.844. The number of benzene rings is 1. The minimum Gasteiger partial charge on any atom is -0.400 e. The van der Waals surface area contributed by atoms with Crippen LogP contribution in [0.4, 0.5) is 0 Å². The number of aryl methyl sites for hydroxylation is 1. The molecule has 108 valence electrons. The molecule has 0 heterocycles. The maximum Gasteiger partial charge on any atom is 0.0319 e. The quantitative estimate of drug-likeness (QED) is 0.707. The van der Waals surface area contributed by atoms with Crippen molar-refractivity contribution in [3.8, 4) is 0 Å². The smallest absolute Gasteiger partial charge is 0.0319 e. The van der Waals surface area contributed by atoms with Gasteiger partial charge in [0.05, 0.1) is 0 Å².